The smallest absolute Gasteiger partial charge is 0.224 e. The first-order valence-corrected chi connectivity index (χ1v) is 8.85. The number of benzene rings is 2. The van der Waals surface area contributed by atoms with Gasteiger partial charge in [0.25, 0.3) is 0 Å². The van der Waals surface area contributed by atoms with Crippen LogP contribution in [0, 0.1) is 6.92 Å². The number of hydrogen-bond acceptors (Lipinski definition) is 3. The van der Waals surface area contributed by atoms with E-state index >= 15 is 0 Å². The van der Waals surface area contributed by atoms with Gasteiger partial charge in [0, 0.05) is 12.8 Å². The maximum Gasteiger partial charge on any atom is 0.224 e. The molecule has 2 aromatic rings. The average molecular weight is 317 g/mol. The molecule has 0 fully saturated rings. The second kappa shape index (κ2) is 6.75. The van der Waals surface area contributed by atoms with Crippen LogP contribution in [-0.4, -0.2) is 20.6 Å². The molecule has 1 N–H and O–H groups in total. The van der Waals surface area contributed by atoms with Crippen LogP contribution in [0.4, 0.5) is 0 Å². The van der Waals surface area contributed by atoms with Crippen molar-refractivity contribution in [1.82, 2.24) is 5.32 Å². The number of carbonyl (C=O) groups is 1. The van der Waals surface area contributed by atoms with Gasteiger partial charge in [-0.2, -0.15) is 0 Å². The summed E-state index contributed by atoms with van der Waals surface area (Å²) in [5.41, 5.74) is 3.01. The van der Waals surface area contributed by atoms with Crippen LogP contribution in [0.2, 0.25) is 0 Å². The van der Waals surface area contributed by atoms with Gasteiger partial charge in [-0.1, -0.05) is 36.4 Å². The van der Waals surface area contributed by atoms with Crippen molar-refractivity contribution < 1.29 is 13.2 Å². The highest BCUT2D eigenvalue weighted by Crippen LogP contribution is 2.11. The minimum absolute atomic E-state index is 0.0876. The molecule has 0 spiro atoms. The Morgan fingerprint density at radius 2 is 1.68 bits per heavy atom. The molecular formula is C17H19NO3S. The van der Waals surface area contributed by atoms with Gasteiger partial charge in [0.2, 0.25) is 5.91 Å². The van der Waals surface area contributed by atoms with Gasteiger partial charge in [-0.15, -0.1) is 0 Å². The maximum absolute atomic E-state index is 11.9. The van der Waals surface area contributed by atoms with Crippen LogP contribution < -0.4 is 5.32 Å². The summed E-state index contributed by atoms with van der Waals surface area (Å²) in [5, 5.41) is 2.88. The molecule has 0 unspecified atom stereocenters. The molecule has 1 amide bonds. The highest BCUT2D eigenvalue weighted by Gasteiger charge is 2.08. The van der Waals surface area contributed by atoms with Crippen molar-refractivity contribution in [2.75, 3.05) is 6.26 Å². The van der Waals surface area contributed by atoms with E-state index in [1.807, 2.05) is 31.2 Å². The summed E-state index contributed by atoms with van der Waals surface area (Å²) in [7, 11) is -3.20. The lowest BCUT2D eigenvalue weighted by Crippen LogP contribution is -2.24. The Morgan fingerprint density at radius 1 is 1.05 bits per heavy atom. The molecule has 5 heteroatoms. The fourth-order valence-corrected chi connectivity index (χ4v) is 2.74. The predicted octanol–water partition coefficient (Wildman–Crippen LogP) is 2.26. The third-order valence-electron chi connectivity index (χ3n) is 3.45. The van der Waals surface area contributed by atoms with Crippen molar-refractivity contribution in [2.45, 2.75) is 24.8 Å². The molecule has 4 nitrogen and oxygen atoms in total. The molecular weight excluding hydrogens is 298 g/mol. The summed E-state index contributed by atoms with van der Waals surface area (Å²) in [6.45, 7) is 2.50. The topological polar surface area (TPSA) is 63.2 Å². The Bertz CT molecular complexity index is 765. The van der Waals surface area contributed by atoms with E-state index in [4.69, 9.17) is 0 Å². The largest absolute Gasteiger partial charge is 0.352 e. The standard InChI is InChI=1S/C17H19NO3S/c1-13-5-3-4-6-15(13)12-18-17(19)11-14-7-9-16(10-8-14)22(2,20)21/h3-10H,11-12H2,1-2H3,(H,18,19). The van der Waals surface area contributed by atoms with Crippen molar-refractivity contribution in [3.8, 4) is 0 Å². The van der Waals surface area contributed by atoms with Crippen molar-refractivity contribution in [3.05, 3.63) is 65.2 Å². The van der Waals surface area contributed by atoms with Gasteiger partial charge in [-0.25, -0.2) is 8.42 Å². The van der Waals surface area contributed by atoms with E-state index in [1.165, 1.54) is 12.1 Å². The molecule has 0 saturated heterocycles. The summed E-state index contributed by atoms with van der Waals surface area (Å²) in [6.07, 6.45) is 1.40. The number of carbonyl (C=O) groups excluding carboxylic acids is 1. The van der Waals surface area contributed by atoms with Gasteiger partial charge in [0.05, 0.1) is 11.3 Å². The predicted molar refractivity (Wildman–Crippen MR) is 86.3 cm³/mol. The summed E-state index contributed by atoms with van der Waals surface area (Å²) >= 11 is 0. The number of sulfone groups is 1. The fraction of sp³-hybridized carbons (Fsp3) is 0.235. The average Bonchev–Trinajstić information content (AvgIpc) is 2.46. The van der Waals surface area contributed by atoms with Gasteiger partial charge < -0.3 is 5.32 Å². The van der Waals surface area contributed by atoms with E-state index in [0.717, 1.165) is 22.9 Å². The Balaban J connectivity index is 1.94. The monoisotopic (exact) mass is 317 g/mol. The van der Waals surface area contributed by atoms with Gasteiger partial charge in [0.1, 0.15) is 0 Å². The van der Waals surface area contributed by atoms with Crippen LogP contribution >= 0.6 is 0 Å². The first-order valence-electron chi connectivity index (χ1n) is 6.96. The number of amides is 1. The molecule has 22 heavy (non-hydrogen) atoms. The molecule has 0 aliphatic heterocycles. The third kappa shape index (κ3) is 4.43. The van der Waals surface area contributed by atoms with E-state index in [9.17, 15) is 13.2 Å². The SMILES string of the molecule is Cc1ccccc1CNC(=O)Cc1ccc(S(C)(=O)=O)cc1. The van der Waals surface area contributed by atoms with Crippen LogP contribution in [0.3, 0.4) is 0 Å². The van der Waals surface area contributed by atoms with E-state index in [0.29, 0.717) is 6.54 Å². The second-order valence-corrected chi connectivity index (χ2v) is 7.31. The molecule has 0 aliphatic rings. The second-order valence-electron chi connectivity index (χ2n) is 5.30. The van der Waals surface area contributed by atoms with E-state index in [-0.39, 0.29) is 17.2 Å². The quantitative estimate of drug-likeness (QED) is 0.920. The molecule has 0 aromatic heterocycles. The van der Waals surface area contributed by atoms with Crippen LogP contribution in [0.25, 0.3) is 0 Å². The highest BCUT2D eigenvalue weighted by atomic mass is 32.2. The van der Waals surface area contributed by atoms with Crippen LogP contribution in [-0.2, 0) is 27.6 Å². The summed E-state index contributed by atoms with van der Waals surface area (Å²) in [4.78, 5) is 12.2. The van der Waals surface area contributed by atoms with E-state index < -0.39 is 9.84 Å². The molecule has 2 rings (SSSR count). The summed E-state index contributed by atoms with van der Waals surface area (Å²) in [5.74, 6) is -0.0876. The van der Waals surface area contributed by atoms with Gasteiger partial charge >= 0.3 is 0 Å². The highest BCUT2D eigenvalue weighted by molar-refractivity contribution is 7.90. The van der Waals surface area contributed by atoms with E-state index in [2.05, 4.69) is 5.32 Å². The Labute approximate surface area is 131 Å². The number of aryl methyl sites for hydroxylation is 1. The van der Waals surface area contributed by atoms with E-state index in [1.54, 1.807) is 12.1 Å². The maximum atomic E-state index is 11.9. The molecule has 0 heterocycles. The Hall–Kier alpha value is -2.14. The molecule has 0 atom stereocenters. The van der Waals surface area contributed by atoms with Gasteiger partial charge in [0.15, 0.2) is 9.84 Å². The normalized spacial score (nSPS) is 11.2. The molecule has 0 saturated carbocycles. The third-order valence-corrected chi connectivity index (χ3v) is 4.58. The summed E-state index contributed by atoms with van der Waals surface area (Å²) < 4.78 is 22.8. The zero-order valence-electron chi connectivity index (χ0n) is 12.7. The van der Waals surface area contributed by atoms with Crippen LogP contribution in [0.15, 0.2) is 53.4 Å². The summed E-state index contributed by atoms with van der Waals surface area (Å²) in [6, 6.07) is 14.3. The first-order chi connectivity index (χ1) is 10.4. The van der Waals surface area contributed by atoms with Gasteiger partial charge in [-0.3, -0.25) is 4.79 Å². The van der Waals surface area contributed by atoms with Crippen molar-refractivity contribution in [1.29, 1.82) is 0 Å². The molecule has 0 radical (unpaired) electrons. The van der Waals surface area contributed by atoms with Crippen LogP contribution in [0.5, 0.6) is 0 Å². The van der Waals surface area contributed by atoms with Gasteiger partial charge in [-0.05, 0) is 35.7 Å². The minimum atomic E-state index is -3.20. The lowest BCUT2D eigenvalue weighted by molar-refractivity contribution is -0.120. The Kier molecular flexibility index (Phi) is 4.98. The Morgan fingerprint density at radius 3 is 2.27 bits per heavy atom. The van der Waals surface area contributed by atoms with Crippen LogP contribution in [0.1, 0.15) is 16.7 Å². The molecule has 116 valence electrons. The zero-order valence-corrected chi connectivity index (χ0v) is 13.5. The van der Waals surface area contributed by atoms with Crippen molar-refractivity contribution >= 4 is 15.7 Å². The molecule has 0 bridgehead atoms. The van der Waals surface area contributed by atoms with Crippen molar-refractivity contribution in [2.24, 2.45) is 0 Å². The lowest BCUT2D eigenvalue weighted by atomic mass is 10.1. The fourth-order valence-electron chi connectivity index (χ4n) is 2.10. The zero-order chi connectivity index (χ0) is 16.2. The number of rotatable bonds is 5. The molecule has 2 aromatic carbocycles. The number of hydrogen-bond donors (Lipinski definition) is 1. The lowest BCUT2D eigenvalue weighted by Gasteiger charge is -2.08. The number of nitrogens with one attached hydrogen (secondary N) is 1. The molecule has 0 aliphatic carbocycles. The first kappa shape index (κ1) is 16.2. The minimum Gasteiger partial charge on any atom is -0.352 e. The van der Waals surface area contributed by atoms with Crippen molar-refractivity contribution in [3.63, 3.8) is 0 Å².